The third kappa shape index (κ3) is 5.09. The molecule has 0 aromatic rings. The molecule has 0 aromatic heterocycles. The zero-order valence-corrected chi connectivity index (χ0v) is 11.1. The minimum atomic E-state index is -1.37. The van der Waals surface area contributed by atoms with E-state index in [0.29, 0.717) is 4.90 Å². The first-order chi connectivity index (χ1) is 8.31. The fraction of sp³-hybridized carbons (Fsp3) is 0.500. The summed E-state index contributed by atoms with van der Waals surface area (Å²) >= 11 is 0.825. The van der Waals surface area contributed by atoms with E-state index in [0.717, 1.165) is 24.2 Å². The van der Waals surface area contributed by atoms with Gasteiger partial charge in [-0.2, -0.15) is 0 Å². The van der Waals surface area contributed by atoms with E-state index in [-0.39, 0.29) is 6.61 Å². The molecule has 0 rings (SSSR count). The van der Waals surface area contributed by atoms with Crippen molar-refractivity contribution in [3.05, 3.63) is 11.2 Å². The van der Waals surface area contributed by atoms with Gasteiger partial charge < -0.3 is 14.9 Å². The van der Waals surface area contributed by atoms with E-state index in [1.807, 2.05) is 0 Å². The molecule has 2 N–H and O–H groups in total. The van der Waals surface area contributed by atoms with Crippen LogP contribution >= 0.6 is 11.8 Å². The summed E-state index contributed by atoms with van der Waals surface area (Å²) in [7, 11) is 1.12. The molecule has 0 bridgehead atoms. The summed E-state index contributed by atoms with van der Waals surface area (Å²) in [5.74, 6) is -2.17. The summed E-state index contributed by atoms with van der Waals surface area (Å²) in [6, 6.07) is 0. The number of carbonyl (C=O) groups is 3. The highest BCUT2D eigenvalue weighted by Crippen LogP contribution is 2.16. The van der Waals surface area contributed by atoms with Gasteiger partial charge in [0.25, 0.3) is 0 Å². The first-order valence-corrected chi connectivity index (χ1v) is 5.97. The second kappa shape index (κ2) is 7.59. The Kier molecular flexibility index (Phi) is 6.88. The Morgan fingerprint density at radius 2 is 1.94 bits per heavy atom. The maximum Gasteiger partial charge on any atom is 0.413 e. The Hall–Kier alpha value is -1.70. The van der Waals surface area contributed by atoms with E-state index in [1.165, 1.54) is 6.92 Å². The number of thioether (sulfide) groups is 1. The van der Waals surface area contributed by atoms with Crippen molar-refractivity contribution < 1.29 is 29.3 Å². The van der Waals surface area contributed by atoms with Crippen molar-refractivity contribution >= 4 is 29.7 Å². The maximum absolute atomic E-state index is 11.5. The molecule has 0 spiro atoms. The van der Waals surface area contributed by atoms with Crippen LogP contribution in [-0.2, 0) is 14.3 Å². The molecule has 0 aromatic carbocycles. The van der Waals surface area contributed by atoms with Gasteiger partial charge in [-0.05, 0) is 13.8 Å². The summed E-state index contributed by atoms with van der Waals surface area (Å²) < 4.78 is 4.52. The van der Waals surface area contributed by atoms with Crippen LogP contribution in [0.3, 0.4) is 0 Å². The highest BCUT2D eigenvalue weighted by Gasteiger charge is 2.22. The minimum absolute atomic E-state index is 0.123. The van der Waals surface area contributed by atoms with Crippen LogP contribution < -0.4 is 0 Å². The molecule has 1 atom stereocenters. The fourth-order valence-electron chi connectivity index (χ4n) is 0.845. The number of rotatable bonds is 5. The third-order valence-electron chi connectivity index (χ3n) is 1.83. The molecule has 8 heteroatoms. The molecule has 0 radical (unpaired) electrons. The van der Waals surface area contributed by atoms with E-state index >= 15 is 0 Å². The summed E-state index contributed by atoms with van der Waals surface area (Å²) in [5.41, 5.74) is 0. The van der Waals surface area contributed by atoms with Gasteiger partial charge >= 0.3 is 12.1 Å². The molecule has 0 heterocycles. The summed E-state index contributed by atoms with van der Waals surface area (Å²) in [4.78, 5) is 33.6. The summed E-state index contributed by atoms with van der Waals surface area (Å²) in [6.07, 6.45) is -1.37. The van der Waals surface area contributed by atoms with Gasteiger partial charge in [0.15, 0.2) is 0 Å². The smallest absolute Gasteiger partial charge is 0.413 e. The van der Waals surface area contributed by atoms with E-state index in [4.69, 9.17) is 5.11 Å². The van der Waals surface area contributed by atoms with E-state index in [9.17, 15) is 19.5 Å². The van der Waals surface area contributed by atoms with Crippen molar-refractivity contribution in [1.82, 2.24) is 4.90 Å². The van der Waals surface area contributed by atoms with Crippen molar-refractivity contribution in [3.8, 4) is 0 Å². The van der Waals surface area contributed by atoms with Crippen molar-refractivity contribution in [2.24, 2.45) is 0 Å². The van der Waals surface area contributed by atoms with Crippen LogP contribution in [0.1, 0.15) is 13.8 Å². The van der Waals surface area contributed by atoms with Crippen LogP contribution in [0.25, 0.3) is 0 Å². The van der Waals surface area contributed by atoms with Gasteiger partial charge in [0.1, 0.15) is 0 Å². The molecular formula is C10H15NO6S. The Morgan fingerprint density at radius 3 is 2.39 bits per heavy atom. The molecule has 0 aliphatic heterocycles. The first-order valence-electron chi connectivity index (χ1n) is 5.03. The first kappa shape index (κ1) is 16.3. The van der Waals surface area contributed by atoms with Gasteiger partial charge in [-0.1, -0.05) is 0 Å². The Labute approximate surface area is 108 Å². The number of imide groups is 1. The number of amides is 2. The third-order valence-corrected chi connectivity index (χ3v) is 2.80. The van der Waals surface area contributed by atoms with Gasteiger partial charge in [0.05, 0.1) is 11.9 Å². The van der Waals surface area contributed by atoms with Crippen LogP contribution in [0, 0.1) is 0 Å². The van der Waals surface area contributed by atoms with Gasteiger partial charge in [0.2, 0.25) is 11.7 Å². The summed E-state index contributed by atoms with van der Waals surface area (Å²) in [6.45, 7) is 3.17. The van der Waals surface area contributed by atoms with E-state index in [1.54, 1.807) is 6.92 Å². The second-order valence-corrected chi connectivity index (χ2v) is 4.40. The lowest BCUT2D eigenvalue weighted by molar-refractivity contribution is -0.141. The van der Waals surface area contributed by atoms with Gasteiger partial charge in [-0.25, -0.2) is 14.5 Å². The molecule has 102 valence electrons. The van der Waals surface area contributed by atoms with Crippen molar-refractivity contribution in [1.29, 1.82) is 0 Å². The number of esters is 1. The molecule has 18 heavy (non-hydrogen) atoms. The van der Waals surface area contributed by atoms with Crippen molar-refractivity contribution in [3.63, 3.8) is 0 Å². The van der Waals surface area contributed by atoms with Gasteiger partial charge in [-0.15, -0.1) is 11.8 Å². The average Bonchev–Trinajstić information content (AvgIpc) is 2.33. The maximum atomic E-state index is 11.5. The van der Waals surface area contributed by atoms with Crippen molar-refractivity contribution in [2.75, 3.05) is 13.7 Å². The predicted molar refractivity (Wildman–Crippen MR) is 65.2 cm³/mol. The number of nitrogens with zero attached hydrogens (tertiary/aromatic N) is 1. The highest BCUT2D eigenvalue weighted by atomic mass is 32.2. The number of hydrogen-bond donors (Lipinski definition) is 2. The fourth-order valence-corrected chi connectivity index (χ4v) is 1.55. The zero-order chi connectivity index (χ0) is 14.3. The molecule has 7 nitrogen and oxygen atoms in total. The summed E-state index contributed by atoms with van der Waals surface area (Å²) in [5, 5.41) is 18.1. The number of aliphatic hydroxyl groups is 1. The quantitative estimate of drug-likeness (QED) is 0.442. The Morgan fingerprint density at radius 1 is 1.39 bits per heavy atom. The number of hydrogen-bond acceptors (Lipinski definition) is 6. The molecule has 0 aliphatic rings. The largest absolute Gasteiger partial charge is 0.501 e. The van der Waals surface area contributed by atoms with Gasteiger partial charge in [-0.3, -0.25) is 4.79 Å². The molecular weight excluding hydrogens is 262 g/mol. The Bertz CT molecular complexity index is 367. The molecule has 2 amide bonds. The predicted octanol–water partition coefficient (Wildman–Crippen LogP) is 1.21. The van der Waals surface area contributed by atoms with Crippen LogP contribution in [0.4, 0.5) is 4.79 Å². The van der Waals surface area contributed by atoms with Crippen LogP contribution in [0.15, 0.2) is 11.2 Å². The lowest BCUT2D eigenvalue weighted by Crippen LogP contribution is -2.36. The zero-order valence-electron chi connectivity index (χ0n) is 10.2. The molecule has 1 unspecified atom stereocenters. The van der Waals surface area contributed by atoms with Crippen molar-refractivity contribution in [2.45, 2.75) is 19.1 Å². The van der Waals surface area contributed by atoms with E-state index < -0.39 is 29.0 Å². The molecule has 0 saturated heterocycles. The normalized spacial score (nSPS) is 12.7. The standard InChI is InChI=1S/C10H15NO6S/c1-4-17-9(14)7(12)5-18-6(2)8(13)11(3)10(15)16/h5-6,12H,4H2,1-3H3,(H,15,16)/b7-5-. The van der Waals surface area contributed by atoms with Gasteiger partial charge in [0, 0.05) is 12.5 Å². The lowest BCUT2D eigenvalue weighted by atomic mass is 10.4. The minimum Gasteiger partial charge on any atom is -0.501 e. The van der Waals surface area contributed by atoms with Crippen LogP contribution in [0.5, 0.6) is 0 Å². The van der Waals surface area contributed by atoms with Crippen LogP contribution in [-0.4, -0.2) is 52.0 Å². The number of carboxylic acid groups (broad SMARTS) is 1. The van der Waals surface area contributed by atoms with E-state index in [2.05, 4.69) is 4.74 Å². The SMILES string of the molecule is CCOC(=O)/C(O)=C/SC(C)C(=O)N(C)C(=O)O. The monoisotopic (exact) mass is 277 g/mol. The molecule has 0 fully saturated rings. The number of ether oxygens (including phenoxy) is 1. The number of carbonyl (C=O) groups excluding carboxylic acids is 2. The highest BCUT2D eigenvalue weighted by molar-refractivity contribution is 8.03. The molecule has 0 saturated carbocycles. The average molecular weight is 277 g/mol. The Balaban J connectivity index is 4.45. The second-order valence-electron chi connectivity index (χ2n) is 3.18. The molecule has 0 aliphatic carbocycles. The number of aliphatic hydroxyl groups excluding tert-OH is 1. The van der Waals surface area contributed by atoms with Crippen LogP contribution in [0.2, 0.25) is 0 Å². The lowest BCUT2D eigenvalue weighted by Gasteiger charge is -2.15. The topological polar surface area (TPSA) is 104 Å².